The maximum absolute atomic E-state index is 13.6. The van der Waals surface area contributed by atoms with Crippen molar-refractivity contribution in [1.82, 2.24) is 19.9 Å². The molecule has 7 nitrogen and oxygen atoms in total. The second-order valence-electron chi connectivity index (χ2n) is 5.15. The van der Waals surface area contributed by atoms with Crippen LogP contribution < -0.4 is 11.2 Å². The van der Waals surface area contributed by atoms with Crippen LogP contribution in [0, 0.1) is 5.82 Å². The van der Waals surface area contributed by atoms with Crippen LogP contribution in [0.3, 0.4) is 0 Å². The van der Waals surface area contributed by atoms with Crippen LogP contribution in [0.2, 0.25) is 0 Å². The Kier molecular flexibility index (Phi) is 4.94. The average Bonchev–Trinajstić information content (AvgIpc) is 2.98. The number of nitrogen functional groups attached to an aromatic ring is 1. The molecule has 1 amide bonds. The van der Waals surface area contributed by atoms with E-state index in [1.165, 1.54) is 16.8 Å². The van der Waals surface area contributed by atoms with Crippen LogP contribution in [0.25, 0.3) is 11.4 Å². The highest BCUT2D eigenvalue weighted by molar-refractivity contribution is 8.00. The molecule has 0 aliphatic rings. The normalized spacial score (nSPS) is 11.9. The highest BCUT2D eigenvalue weighted by Gasteiger charge is 2.20. The van der Waals surface area contributed by atoms with Crippen LogP contribution >= 0.6 is 11.8 Å². The number of benzene rings is 1. The zero-order chi connectivity index (χ0) is 17.8. The SMILES string of the molecule is C[C@H](Sc1nnc(-c2cccnc2)n1N)C(=O)Nc1ccccc1F. The molecule has 3 N–H and O–H groups in total. The Hall–Kier alpha value is -2.94. The van der Waals surface area contributed by atoms with Crippen LogP contribution in [0.4, 0.5) is 10.1 Å². The topological polar surface area (TPSA) is 98.7 Å². The number of nitrogens with zero attached hydrogens (tertiary/aromatic N) is 4. The van der Waals surface area contributed by atoms with Gasteiger partial charge in [0.2, 0.25) is 11.1 Å². The molecule has 0 spiro atoms. The first-order chi connectivity index (χ1) is 12.1. The van der Waals surface area contributed by atoms with E-state index in [1.54, 1.807) is 37.5 Å². The molecule has 0 aliphatic carbocycles. The fourth-order valence-electron chi connectivity index (χ4n) is 2.06. The molecule has 0 bridgehead atoms. The van der Waals surface area contributed by atoms with Crippen LogP contribution in [0.15, 0.2) is 53.9 Å². The standard InChI is InChI=1S/C16H15FN6OS/c1-10(15(24)20-13-7-3-2-6-12(13)17)25-16-22-21-14(23(16)18)11-5-4-8-19-9-11/h2-10H,18H2,1H3,(H,20,24)/t10-/m0/s1. The average molecular weight is 358 g/mol. The van der Waals surface area contributed by atoms with Crippen LogP contribution in [-0.4, -0.2) is 31.0 Å². The number of nitrogens with two attached hydrogens (primary N) is 1. The van der Waals surface area contributed by atoms with E-state index in [0.29, 0.717) is 16.5 Å². The number of hydrogen-bond donors (Lipinski definition) is 2. The number of halogens is 1. The molecule has 9 heteroatoms. The lowest BCUT2D eigenvalue weighted by Gasteiger charge is -2.12. The first kappa shape index (κ1) is 16.9. The van der Waals surface area contributed by atoms with Gasteiger partial charge >= 0.3 is 0 Å². The van der Waals surface area contributed by atoms with Crippen molar-refractivity contribution < 1.29 is 9.18 Å². The number of nitrogens with one attached hydrogen (secondary N) is 1. The predicted octanol–water partition coefficient (Wildman–Crippen LogP) is 2.31. The monoisotopic (exact) mass is 358 g/mol. The van der Waals surface area contributed by atoms with Gasteiger partial charge in [-0.3, -0.25) is 9.78 Å². The van der Waals surface area contributed by atoms with E-state index in [9.17, 15) is 9.18 Å². The van der Waals surface area contributed by atoms with Crippen molar-refractivity contribution in [2.75, 3.05) is 11.2 Å². The largest absolute Gasteiger partial charge is 0.335 e. The minimum Gasteiger partial charge on any atom is -0.335 e. The molecule has 3 rings (SSSR count). The molecule has 128 valence electrons. The molecule has 2 aromatic heterocycles. The Bertz CT molecular complexity index is 885. The van der Waals surface area contributed by atoms with Crippen molar-refractivity contribution in [3.63, 3.8) is 0 Å². The number of rotatable bonds is 5. The van der Waals surface area contributed by atoms with Gasteiger partial charge in [0.05, 0.1) is 10.9 Å². The summed E-state index contributed by atoms with van der Waals surface area (Å²) in [5, 5.41) is 10.4. The summed E-state index contributed by atoms with van der Waals surface area (Å²) in [6.07, 6.45) is 3.27. The van der Waals surface area contributed by atoms with E-state index in [1.807, 2.05) is 6.07 Å². The third-order valence-electron chi connectivity index (χ3n) is 3.37. The number of para-hydroxylation sites is 1. The third-order valence-corrected chi connectivity index (χ3v) is 4.42. The van der Waals surface area contributed by atoms with Gasteiger partial charge in [0.25, 0.3) is 0 Å². The van der Waals surface area contributed by atoms with Crippen LogP contribution in [-0.2, 0) is 4.79 Å². The Morgan fingerprint density at radius 2 is 2.08 bits per heavy atom. The molecular formula is C16H15FN6OS. The lowest BCUT2D eigenvalue weighted by molar-refractivity contribution is -0.115. The minimum atomic E-state index is -0.548. The highest BCUT2D eigenvalue weighted by Crippen LogP contribution is 2.25. The number of hydrogen-bond acceptors (Lipinski definition) is 6. The molecule has 3 aromatic rings. The third kappa shape index (κ3) is 3.77. The molecule has 0 unspecified atom stereocenters. The number of amides is 1. The summed E-state index contributed by atoms with van der Waals surface area (Å²) in [5.74, 6) is 5.60. The van der Waals surface area contributed by atoms with E-state index in [4.69, 9.17) is 5.84 Å². The molecule has 2 heterocycles. The molecular weight excluding hydrogens is 343 g/mol. The fourth-order valence-corrected chi connectivity index (χ4v) is 2.83. The van der Waals surface area contributed by atoms with Crippen LogP contribution in [0.1, 0.15) is 6.92 Å². The number of pyridine rings is 1. The molecule has 0 fully saturated rings. The van der Waals surface area contributed by atoms with Gasteiger partial charge in [-0.1, -0.05) is 23.9 Å². The van der Waals surface area contributed by atoms with Crippen molar-refractivity contribution in [1.29, 1.82) is 0 Å². The van der Waals surface area contributed by atoms with E-state index in [2.05, 4.69) is 20.5 Å². The Morgan fingerprint density at radius 1 is 1.28 bits per heavy atom. The minimum absolute atomic E-state index is 0.130. The summed E-state index contributed by atoms with van der Waals surface area (Å²) in [4.78, 5) is 16.3. The number of carbonyl (C=O) groups excluding carboxylic acids is 1. The van der Waals surface area contributed by atoms with E-state index in [-0.39, 0.29) is 11.6 Å². The second-order valence-corrected chi connectivity index (χ2v) is 6.46. The highest BCUT2D eigenvalue weighted by atomic mass is 32.2. The van der Waals surface area contributed by atoms with E-state index in [0.717, 1.165) is 11.8 Å². The van der Waals surface area contributed by atoms with Gasteiger partial charge in [0, 0.05) is 18.0 Å². The quantitative estimate of drug-likeness (QED) is 0.536. The molecule has 0 saturated carbocycles. The first-order valence-electron chi connectivity index (χ1n) is 7.39. The summed E-state index contributed by atoms with van der Waals surface area (Å²) in [6.45, 7) is 1.68. The first-order valence-corrected chi connectivity index (χ1v) is 8.27. The maximum atomic E-state index is 13.6. The van der Waals surface area contributed by atoms with Gasteiger partial charge in [0.15, 0.2) is 5.82 Å². The lowest BCUT2D eigenvalue weighted by atomic mass is 10.3. The smallest absolute Gasteiger partial charge is 0.237 e. The molecule has 1 aromatic carbocycles. The van der Waals surface area contributed by atoms with E-state index >= 15 is 0 Å². The summed E-state index contributed by atoms with van der Waals surface area (Å²) in [7, 11) is 0. The van der Waals surface area contributed by atoms with Gasteiger partial charge in [-0.05, 0) is 31.2 Å². The number of anilines is 1. The molecule has 0 radical (unpaired) electrons. The molecule has 0 aliphatic heterocycles. The summed E-state index contributed by atoms with van der Waals surface area (Å²) < 4.78 is 14.9. The summed E-state index contributed by atoms with van der Waals surface area (Å²) in [5.41, 5.74) is 0.845. The number of aromatic nitrogens is 4. The van der Waals surface area contributed by atoms with E-state index < -0.39 is 11.1 Å². The van der Waals surface area contributed by atoms with Crippen molar-refractivity contribution in [3.8, 4) is 11.4 Å². The van der Waals surface area contributed by atoms with Gasteiger partial charge in [0.1, 0.15) is 5.82 Å². The molecule has 0 saturated heterocycles. The number of thioether (sulfide) groups is 1. The van der Waals surface area contributed by atoms with Crippen molar-refractivity contribution in [2.24, 2.45) is 0 Å². The van der Waals surface area contributed by atoms with Gasteiger partial charge < -0.3 is 11.2 Å². The number of carbonyl (C=O) groups is 1. The van der Waals surface area contributed by atoms with Crippen molar-refractivity contribution in [3.05, 3.63) is 54.6 Å². The van der Waals surface area contributed by atoms with Gasteiger partial charge in [-0.15, -0.1) is 10.2 Å². The summed E-state index contributed by atoms with van der Waals surface area (Å²) in [6, 6.07) is 9.55. The second kappa shape index (κ2) is 7.31. The van der Waals surface area contributed by atoms with Crippen molar-refractivity contribution >= 4 is 23.4 Å². The summed E-state index contributed by atoms with van der Waals surface area (Å²) >= 11 is 1.13. The fraction of sp³-hybridized carbons (Fsp3) is 0.125. The Morgan fingerprint density at radius 3 is 2.80 bits per heavy atom. The van der Waals surface area contributed by atoms with Gasteiger partial charge in [-0.25, -0.2) is 9.07 Å². The molecule has 1 atom stereocenters. The predicted molar refractivity (Wildman–Crippen MR) is 93.8 cm³/mol. The zero-order valence-corrected chi connectivity index (χ0v) is 14.1. The Balaban J connectivity index is 1.71. The lowest BCUT2D eigenvalue weighted by Crippen LogP contribution is -2.24. The zero-order valence-electron chi connectivity index (χ0n) is 13.3. The van der Waals surface area contributed by atoms with Crippen LogP contribution in [0.5, 0.6) is 0 Å². The Labute approximate surface area is 147 Å². The maximum Gasteiger partial charge on any atom is 0.237 e. The van der Waals surface area contributed by atoms with Gasteiger partial charge in [-0.2, -0.15) is 0 Å². The molecule has 25 heavy (non-hydrogen) atoms. The van der Waals surface area contributed by atoms with Crippen molar-refractivity contribution in [2.45, 2.75) is 17.3 Å².